The summed E-state index contributed by atoms with van der Waals surface area (Å²) in [6.45, 7) is 4.80. The predicted octanol–water partition coefficient (Wildman–Crippen LogP) is 2.69. The molecule has 1 aliphatic heterocycles. The first-order valence-electron chi connectivity index (χ1n) is 5.62. The molecule has 1 aromatic rings. The van der Waals surface area contributed by atoms with Crippen molar-refractivity contribution in [2.45, 2.75) is 20.0 Å². The van der Waals surface area contributed by atoms with Gasteiger partial charge in [0.05, 0.1) is 12.1 Å². The first kappa shape index (κ1) is 12.7. The van der Waals surface area contributed by atoms with E-state index in [-0.39, 0.29) is 0 Å². The molecule has 0 spiro atoms. The number of benzene rings is 1. The first-order valence-corrected chi connectivity index (χ1v) is 5.62. The maximum absolute atomic E-state index is 12.7. The third-order valence-corrected chi connectivity index (χ3v) is 2.92. The van der Waals surface area contributed by atoms with Gasteiger partial charge in [-0.2, -0.15) is 13.2 Å². The maximum Gasteiger partial charge on any atom is 0.416 e. The van der Waals surface area contributed by atoms with E-state index in [4.69, 9.17) is 0 Å². The fourth-order valence-corrected chi connectivity index (χ4v) is 1.76. The van der Waals surface area contributed by atoms with Crippen molar-refractivity contribution in [3.63, 3.8) is 0 Å². The normalized spacial score (nSPS) is 15.3. The second-order valence-corrected chi connectivity index (χ2v) is 4.25. The van der Waals surface area contributed by atoms with Gasteiger partial charge in [-0.3, -0.25) is 4.99 Å². The molecule has 0 fully saturated rings. The molecule has 0 radical (unpaired) electrons. The average molecular weight is 257 g/mol. The highest BCUT2D eigenvalue weighted by Crippen LogP contribution is 2.33. The van der Waals surface area contributed by atoms with Crippen LogP contribution in [0.25, 0.3) is 0 Å². The number of nitrogens with zero attached hydrogens (tertiary/aromatic N) is 1. The van der Waals surface area contributed by atoms with Crippen LogP contribution in [0.15, 0.2) is 17.1 Å². The Kier molecular flexibility index (Phi) is 3.19. The van der Waals surface area contributed by atoms with Crippen molar-refractivity contribution in [1.82, 2.24) is 5.32 Å². The van der Waals surface area contributed by atoms with Crippen LogP contribution in [0.1, 0.15) is 16.7 Å². The van der Waals surface area contributed by atoms with Gasteiger partial charge in [0.1, 0.15) is 0 Å². The minimum atomic E-state index is -4.33. The van der Waals surface area contributed by atoms with E-state index in [1.165, 1.54) is 0 Å². The van der Waals surface area contributed by atoms with Crippen LogP contribution >= 0.6 is 0 Å². The molecule has 18 heavy (non-hydrogen) atoms. The summed E-state index contributed by atoms with van der Waals surface area (Å²) in [4.78, 5) is 4.11. The number of nitrogens with one attached hydrogen (secondary N) is 2. The van der Waals surface area contributed by atoms with Gasteiger partial charge in [-0.1, -0.05) is 0 Å². The van der Waals surface area contributed by atoms with Gasteiger partial charge in [0.2, 0.25) is 0 Å². The largest absolute Gasteiger partial charge is 0.416 e. The number of halogens is 3. The highest BCUT2D eigenvalue weighted by Gasteiger charge is 2.31. The smallest absolute Gasteiger partial charge is 0.354 e. The molecular formula is C12H14F3N3. The lowest BCUT2D eigenvalue weighted by Crippen LogP contribution is -2.26. The number of anilines is 1. The lowest BCUT2D eigenvalue weighted by Gasteiger charge is -2.15. The summed E-state index contributed by atoms with van der Waals surface area (Å²) in [6, 6.07) is 2.27. The highest BCUT2D eigenvalue weighted by atomic mass is 19.4. The van der Waals surface area contributed by atoms with Gasteiger partial charge in [-0.25, -0.2) is 0 Å². The Morgan fingerprint density at radius 2 is 2.00 bits per heavy atom. The number of guanidine groups is 1. The van der Waals surface area contributed by atoms with Crippen molar-refractivity contribution in [3.8, 4) is 0 Å². The Bertz CT molecular complexity index is 492. The molecule has 0 saturated carbocycles. The third-order valence-electron chi connectivity index (χ3n) is 2.92. The minimum Gasteiger partial charge on any atom is -0.354 e. The number of rotatable bonds is 1. The van der Waals surface area contributed by atoms with Crippen LogP contribution < -0.4 is 10.6 Å². The summed E-state index contributed by atoms with van der Waals surface area (Å²) < 4.78 is 38.2. The fraction of sp³-hybridized carbons (Fsp3) is 0.417. The zero-order valence-corrected chi connectivity index (χ0v) is 10.2. The number of aliphatic imine (C=N–C) groups is 1. The van der Waals surface area contributed by atoms with E-state index in [1.807, 2.05) is 0 Å². The van der Waals surface area contributed by atoms with E-state index in [9.17, 15) is 13.2 Å². The maximum atomic E-state index is 12.7. The van der Waals surface area contributed by atoms with Gasteiger partial charge in [0.25, 0.3) is 0 Å². The Morgan fingerprint density at radius 1 is 1.28 bits per heavy atom. The zero-order chi connectivity index (χ0) is 13.3. The monoisotopic (exact) mass is 257 g/mol. The van der Waals surface area contributed by atoms with Crippen molar-refractivity contribution >= 4 is 11.6 Å². The Morgan fingerprint density at radius 3 is 2.56 bits per heavy atom. The van der Waals surface area contributed by atoms with E-state index < -0.39 is 11.7 Å². The third kappa shape index (κ3) is 2.57. The van der Waals surface area contributed by atoms with Crippen LogP contribution in [-0.2, 0) is 6.18 Å². The van der Waals surface area contributed by atoms with Crippen molar-refractivity contribution < 1.29 is 13.2 Å². The Labute approximate surface area is 103 Å². The van der Waals surface area contributed by atoms with Crippen molar-refractivity contribution in [3.05, 3.63) is 28.8 Å². The lowest BCUT2D eigenvalue weighted by molar-refractivity contribution is -0.137. The molecule has 0 atom stereocenters. The summed E-state index contributed by atoms with van der Waals surface area (Å²) in [5, 5.41) is 5.87. The Hall–Kier alpha value is -1.72. The zero-order valence-electron chi connectivity index (χ0n) is 10.2. The first-order chi connectivity index (χ1) is 8.38. The molecule has 6 heteroatoms. The SMILES string of the molecule is Cc1cc(C(F)(F)F)cc(NC2=NCCN2)c1C. The van der Waals surface area contributed by atoms with Crippen molar-refractivity contribution in [1.29, 1.82) is 0 Å². The topological polar surface area (TPSA) is 36.4 Å². The molecule has 2 N–H and O–H groups in total. The summed E-state index contributed by atoms with van der Waals surface area (Å²) in [5.41, 5.74) is 1.19. The number of alkyl halides is 3. The molecule has 0 unspecified atom stereocenters. The quantitative estimate of drug-likeness (QED) is 0.811. The fourth-order valence-electron chi connectivity index (χ4n) is 1.76. The number of aryl methyl sites for hydroxylation is 1. The molecule has 98 valence electrons. The molecule has 1 aromatic carbocycles. The molecule has 2 rings (SSSR count). The number of hydrogen-bond acceptors (Lipinski definition) is 3. The van der Waals surface area contributed by atoms with E-state index in [1.54, 1.807) is 13.8 Å². The molecule has 3 nitrogen and oxygen atoms in total. The summed E-state index contributed by atoms with van der Waals surface area (Å²) in [6.07, 6.45) is -4.33. The summed E-state index contributed by atoms with van der Waals surface area (Å²) in [5.74, 6) is 0.525. The van der Waals surface area contributed by atoms with E-state index in [0.29, 0.717) is 30.3 Å². The van der Waals surface area contributed by atoms with E-state index >= 15 is 0 Å². The van der Waals surface area contributed by atoms with Crippen LogP contribution in [0.2, 0.25) is 0 Å². The van der Waals surface area contributed by atoms with Gasteiger partial charge < -0.3 is 10.6 Å². The molecule has 1 aliphatic rings. The Balaban J connectivity index is 2.36. The van der Waals surface area contributed by atoms with E-state index in [2.05, 4.69) is 15.6 Å². The van der Waals surface area contributed by atoms with Gasteiger partial charge in [0, 0.05) is 12.2 Å². The molecular weight excluding hydrogens is 243 g/mol. The van der Waals surface area contributed by atoms with Crippen molar-refractivity contribution in [2.75, 3.05) is 18.4 Å². The van der Waals surface area contributed by atoms with Gasteiger partial charge >= 0.3 is 6.18 Å². The lowest BCUT2D eigenvalue weighted by atomic mass is 10.0. The minimum absolute atomic E-state index is 0.440. The molecule has 0 amide bonds. The van der Waals surface area contributed by atoms with Crippen LogP contribution in [0.3, 0.4) is 0 Å². The summed E-state index contributed by atoms with van der Waals surface area (Å²) in [7, 11) is 0. The van der Waals surface area contributed by atoms with Crippen LogP contribution in [0, 0.1) is 13.8 Å². The second-order valence-electron chi connectivity index (χ2n) is 4.25. The van der Waals surface area contributed by atoms with Gasteiger partial charge in [0.15, 0.2) is 5.96 Å². The van der Waals surface area contributed by atoms with Crippen LogP contribution in [0.5, 0.6) is 0 Å². The molecule has 0 aliphatic carbocycles. The van der Waals surface area contributed by atoms with Gasteiger partial charge in [-0.05, 0) is 37.1 Å². The molecule has 0 bridgehead atoms. The van der Waals surface area contributed by atoms with Crippen LogP contribution in [0.4, 0.5) is 18.9 Å². The highest BCUT2D eigenvalue weighted by molar-refractivity contribution is 5.95. The predicted molar refractivity (Wildman–Crippen MR) is 64.8 cm³/mol. The molecule has 0 aromatic heterocycles. The molecule has 0 saturated heterocycles. The molecule has 1 heterocycles. The second kappa shape index (κ2) is 4.51. The summed E-state index contributed by atoms with van der Waals surface area (Å²) >= 11 is 0. The van der Waals surface area contributed by atoms with E-state index in [0.717, 1.165) is 17.7 Å². The van der Waals surface area contributed by atoms with Crippen LogP contribution in [-0.4, -0.2) is 19.0 Å². The average Bonchev–Trinajstić information content (AvgIpc) is 2.75. The standard InChI is InChI=1S/C12H14F3N3/c1-7-5-9(12(13,14)15)6-10(8(7)2)18-11-16-3-4-17-11/h5-6H,3-4H2,1-2H3,(H2,16,17,18). The van der Waals surface area contributed by atoms with Crippen molar-refractivity contribution in [2.24, 2.45) is 4.99 Å². The number of hydrogen-bond donors (Lipinski definition) is 2. The van der Waals surface area contributed by atoms with Gasteiger partial charge in [-0.15, -0.1) is 0 Å².